The second-order valence-corrected chi connectivity index (χ2v) is 5.67. The smallest absolute Gasteiger partial charge is 0.121 e. The number of hydrogen-bond acceptors (Lipinski definition) is 2. The molecule has 1 rings (SSSR count). The highest BCUT2D eigenvalue weighted by molar-refractivity contribution is 6.30. The Bertz CT molecular complexity index is 346. The van der Waals surface area contributed by atoms with Crippen LogP contribution in [0.15, 0.2) is 24.3 Å². The van der Waals surface area contributed by atoms with Crippen molar-refractivity contribution in [3.63, 3.8) is 0 Å². The molecule has 0 aliphatic carbocycles. The van der Waals surface area contributed by atoms with E-state index in [1.165, 1.54) is 0 Å². The molecule has 1 N–H and O–H groups in total. The maximum atomic E-state index is 5.93. The van der Waals surface area contributed by atoms with Crippen molar-refractivity contribution in [3.05, 3.63) is 29.3 Å². The Kier molecular flexibility index (Phi) is 5.29. The summed E-state index contributed by atoms with van der Waals surface area (Å²) in [6.07, 6.45) is 1.14. The molecule has 1 aromatic carbocycles. The van der Waals surface area contributed by atoms with E-state index in [-0.39, 0.29) is 11.6 Å². The Morgan fingerprint density at radius 2 is 2.06 bits per heavy atom. The van der Waals surface area contributed by atoms with Crippen molar-refractivity contribution < 1.29 is 4.74 Å². The third-order valence-electron chi connectivity index (χ3n) is 2.41. The van der Waals surface area contributed by atoms with Crippen LogP contribution in [-0.4, -0.2) is 18.2 Å². The van der Waals surface area contributed by atoms with E-state index >= 15 is 0 Å². The van der Waals surface area contributed by atoms with Gasteiger partial charge >= 0.3 is 0 Å². The van der Waals surface area contributed by atoms with Crippen molar-refractivity contribution >= 4 is 11.6 Å². The van der Waals surface area contributed by atoms with E-state index in [4.69, 9.17) is 16.3 Å². The average Bonchev–Trinajstić information content (AvgIpc) is 2.23. The molecule has 0 aromatic heterocycles. The zero-order valence-electron chi connectivity index (χ0n) is 11.1. The lowest BCUT2D eigenvalue weighted by Crippen LogP contribution is -2.42. The summed E-state index contributed by atoms with van der Waals surface area (Å²) in [5.74, 6) is 0.833. The standard InChI is InChI=1S/C14H22ClNO/c1-5-12(10-16-14(2,3)4)17-13-8-6-7-11(15)9-13/h6-9,12,16H,5,10H2,1-4H3. The second kappa shape index (κ2) is 6.27. The third kappa shape index (κ3) is 5.94. The Labute approximate surface area is 109 Å². The molecule has 2 nitrogen and oxygen atoms in total. The molecule has 1 atom stereocenters. The van der Waals surface area contributed by atoms with Crippen LogP contribution in [0.2, 0.25) is 5.02 Å². The molecule has 0 aliphatic heterocycles. The number of hydrogen-bond donors (Lipinski definition) is 1. The van der Waals surface area contributed by atoms with Gasteiger partial charge in [-0.15, -0.1) is 0 Å². The first-order valence-corrected chi connectivity index (χ1v) is 6.46. The molecule has 0 bridgehead atoms. The van der Waals surface area contributed by atoms with Gasteiger partial charge in [-0.3, -0.25) is 0 Å². The minimum Gasteiger partial charge on any atom is -0.489 e. The summed E-state index contributed by atoms with van der Waals surface area (Å²) in [5.41, 5.74) is 0.116. The van der Waals surface area contributed by atoms with E-state index in [0.29, 0.717) is 5.02 Å². The van der Waals surface area contributed by atoms with Crippen LogP contribution in [-0.2, 0) is 0 Å². The molecular formula is C14H22ClNO. The van der Waals surface area contributed by atoms with E-state index in [9.17, 15) is 0 Å². The van der Waals surface area contributed by atoms with Crippen LogP contribution in [0.1, 0.15) is 34.1 Å². The normalized spacial score (nSPS) is 13.5. The highest BCUT2D eigenvalue weighted by Crippen LogP contribution is 2.19. The predicted molar refractivity (Wildman–Crippen MR) is 73.9 cm³/mol. The molecule has 3 heteroatoms. The molecule has 0 amide bonds. The molecule has 0 saturated heterocycles. The van der Waals surface area contributed by atoms with Crippen molar-refractivity contribution in [2.24, 2.45) is 0 Å². The minimum atomic E-state index is 0.116. The van der Waals surface area contributed by atoms with Gasteiger partial charge < -0.3 is 10.1 Å². The van der Waals surface area contributed by atoms with Gasteiger partial charge in [-0.25, -0.2) is 0 Å². The molecule has 0 aliphatic rings. The lowest BCUT2D eigenvalue weighted by atomic mass is 10.1. The fourth-order valence-corrected chi connectivity index (χ4v) is 1.60. The quantitative estimate of drug-likeness (QED) is 0.862. The Hall–Kier alpha value is -0.730. The van der Waals surface area contributed by atoms with Crippen LogP contribution in [0.3, 0.4) is 0 Å². The molecule has 1 unspecified atom stereocenters. The molecule has 0 fully saturated rings. The molecule has 0 spiro atoms. The summed E-state index contributed by atoms with van der Waals surface area (Å²) in [6.45, 7) is 9.42. The fraction of sp³-hybridized carbons (Fsp3) is 0.571. The summed E-state index contributed by atoms with van der Waals surface area (Å²) in [4.78, 5) is 0. The van der Waals surface area contributed by atoms with Crippen molar-refractivity contribution in [3.8, 4) is 5.75 Å². The summed E-state index contributed by atoms with van der Waals surface area (Å²) in [5, 5.41) is 4.16. The third-order valence-corrected chi connectivity index (χ3v) is 2.65. The Morgan fingerprint density at radius 3 is 2.59 bits per heavy atom. The van der Waals surface area contributed by atoms with Crippen LogP contribution < -0.4 is 10.1 Å². The first kappa shape index (κ1) is 14.3. The highest BCUT2D eigenvalue weighted by Gasteiger charge is 2.14. The van der Waals surface area contributed by atoms with Crippen LogP contribution in [0.25, 0.3) is 0 Å². The first-order chi connectivity index (χ1) is 7.90. The number of nitrogens with one attached hydrogen (secondary N) is 1. The largest absolute Gasteiger partial charge is 0.489 e. The number of ether oxygens (including phenoxy) is 1. The predicted octanol–water partition coefficient (Wildman–Crippen LogP) is 3.89. The number of halogens is 1. The van der Waals surface area contributed by atoms with E-state index in [0.717, 1.165) is 18.7 Å². The number of rotatable bonds is 5. The van der Waals surface area contributed by atoms with Gasteiger partial charge in [-0.2, -0.15) is 0 Å². The van der Waals surface area contributed by atoms with Crippen molar-refractivity contribution in [2.75, 3.05) is 6.54 Å². The van der Waals surface area contributed by atoms with E-state index in [1.807, 2.05) is 24.3 Å². The van der Waals surface area contributed by atoms with Gasteiger partial charge in [-0.05, 0) is 45.4 Å². The van der Waals surface area contributed by atoms with Crippen molar-refractivity contribution in [1.29, 1.82) is 0 Å². The molecule has 1 aromatic rings. The SMILES string of the molecule is CCC(CNC(C)(C)C)Oc1cccc(Cl)c1. The molecule has 96 valence electrons. The van der Waals surface area contributed by atoms with Crippen LogP contribution >= 0.6 is 11.6 Å². The summed E-state index contributed by atoms with van der Waals surface area (Å²) in [6, 6.07) is 7.54. The molecular weight excluding hydrogens is 234 g/mol. The van der Waals surface area contributed by atoms with E-state index in [1.54, 1.807) is 0 Å². The maximum absolute atomic E-state index is 5.93. The molecule has 0 radical (unpaired) electrons. The minimum absolute atomic E-state index is 0.116. The lowest BCUT2D eigenvalue weighted by Gasteiger charge is -2.25. The van der Waals surface area contributed by atoms with Crippen LogP contribution in [0.5, 0.6) is 5.75 Å². The summed E-state index contributed by atoms with van der Waals surface area (Å²) >= 11 is 5.93. The summed E-state index contributed by atoms with van der Waals surface area (Å²) in [7, 11) is 0. The Balaban J connectivity index is 2.52. The second-order valence-electron chi connectivity index (χ2n) is 5.24. The van der Waals surface area contributed by atoms with E-state index < -0.39 is 0 Å². The van der Waals surface area contributed by atoms with Crippen LogP contribution in [0, 0.1) is 0 Å². The monoisotopic (exact) mass is 255 g/mol. The zero-order chi connectivity index (χ0) is 12.9. The van der Waals surface area contributed by atoms with Gasteiger partial charge in [0.15, 0.2) is 0 Å². The van der Waals surface area contributed by atoms with Gasteiger partial charge in [-0.1, -0.05) is 24.6 Å². The maximum Gasteiger partial charge on any atom is 0.121 e. The Morgan fingerprint density at radius 1 is 1.35 bits per heavy atom. The van der Waals surface area contributed by atoms with Gasteiger partial charge in [0.2, 0.25) is 0 Å². The van der Waals surface area contributed by atoms with Gasteiger partial charge in [0.05, 0.1) is 0 Å². The average molecular weight is 256 g/mol. The van der Waals surface area contributed by atoms with Crippen molar-refractivity contribution in [2.45, 2.75) is 45.8 Å². The first-order valence-electron chi connectivity index (χ1n) is 6.08. The van der Waals surface area contributed by atoms with Crippen LogP contribution in [0.4, 0.5) is 0 Å². The zero-order valence-corrected chi connectivity index (χ0v) is 11.8. The highest BCUT2D eigenvalue weighted by atomic mass is 35.5. The topological polar surface area (TPSA) is 21.3 Å². The summed E-state index contributed by atoms with van der Waals surface area (Å²) < 4.78 is 5.89. The van der Waals surface area contributed by atoms with Crippen molar-refractivity contribution in [1.82, 2.24) is 5.32 Å². The molecule has 0 heterocycles. The van der Waals surface area contributed by atoms with Gasteiger partial charge in [0, 0.05) is 17.1 Å². The number of benzene rings is 1. The lowest BCUT2D eigenvalue weighted by molar-refractivity contribution is 0.181. The van der Waals surface area contributed by atoms with E-state index in [2.05, 4.69) is 33.0 Å². The fourth-order valence-electron chi connectivity index (χ4n) is 1.42. The molecule has 17 heavy (non-hydrogen) atoms. The van der Waals surface area contributed by atoms with Gasteiger partial charge in [0.1, 0.15) is 11.9 Å². The van der Waals surface area contributed by atoms with Gasteiger partial charge in [0.25, 0.3) is 0 Å². The molecule has 0 saturated carbocycles.